The van der Waals surface area contributed by atoms with Gasteiger partial charge in [-0.1, -0.05) is 38.8 Å². The van der Waals surface area contributed by atoms with E-state index in [1.807, 2.05) is 0 Å². The van der Waals surface area contributed by atoms with E-state index in [9.17, 15) is 0 Å². The number of aryl methyl sites for hydroxylation is 2. The van der Waals surface area contributed by atoms with Crippen molar-refractivity contribution in [2.45, 2.75) is 53.0 Å². The fraction of sp³-hybridized carbons (Fsp3) is 0.588. The van der Waals surface area contributed by atoms with Crippen LogP contribution in [0.5, 0.6) is 0 Å². The van der Waals surface area contributed by atoms with Crippen molar-refractivity contribution in [3.05, 3.63) is 29.3 Å². The molecule has 0 saturated heterocycles. The Hall–Kier alpha value is -1.09. The monoisotopic (exact) mass is 290 g/mol. The van der Waals surface area contributed by atoms with Crippen molar-refractivity contribution in [2.24, 2.45) is 11.8 Å². The predicted molar refractivity (Wildman–Crippen MR) is 91.2 cm³/mol. The topological polar surface area (TPSA) is 24.1 Å². The highest BCUT2D eigenvalue weighted by molar-refractivity contribution is 7.80. The lowest BCUT2D eigenvalue weighted by Crippen LogP contribution is -2.45. The highest BCUT2D eigenvalue weighted by atomic mass is 32.1. The van der Waals surface area contributed by atoms with Crippen LogP contribution in [0, 0.1) is 25.7 Å². The van der Waals surface area contributed by atoms with E-state index in [0.717, 1.165) is 16.7 Å². The smallest absolute Gasteiger partial charge is 0.171 e. The molecule has 3 atom stereocenters. The first-order valence-electron chi connectivity index (χ1n) is 7.62. The molecule has 1 aromatic carbocycles. The molecule has 0 aliphatic heterocycles. The molecule has 110 valence electrons. The number of hydrogen-bond acceptors (Lipinski definition) is 1. The number of rotatable bonds is 2. The summed E-state index contributed by atoms with van der Waals surface area (Å²) >= 11 is 5.49. The molecule has 1 aliphatic rings. The zero-order chi connectivity index (χ0) is 14.7. The zero-order valence-electron chi connectivity index (χ0n) is 13.0. The van der Waals surface area contributed by atoms with E-state index < -0.39 is 0 Å². The molecule has 1 aliphatic carbocycles. The first-order valence-corrected chi connectivity index (χ1v) is 8.03. The van der Waals surface area contributed by atoms with E-state index in [1.54, 1.807) is 0 Å². The van der Waals surface area contributed by atoms with Crippen LogP contribution in [0.2, 0.25) is 0 Å². The van der Waals surface area contributed by atoms with Crippen molar-refractivity contribution >= 4 is 23.0 Å². The number of benzene rings is 1. The van der Waals surface area contributed by atoms with E-state index in [1.165, 1.54) is 30.4 Å². The van der Waals surface area contributed by atoms with Gasteiger partial charge in [0.1, 0.15) is 0 Å². The van der Waals surface area contributed by atoms with Gasteiger partial charge in [0, 0.05) is 11.7 Å². The van der Waals surface area contributed by atoms with Gasteiger partial charge in [0.05, 0.1) is 0 Å². The lowest BCUT2D eigenvalue weighted by atomic mass is 9.78. The molecule has 0 bridgehead atoms. The van der Waals surface area contributed by atoms with Crippen molar-refractivity contribution in [3.8, 4) is 0 Å². The van der Waals surface area contributed by atoms with Crippen LogP contribution in [0.1, 0.15) is 44.2 Å². The van der Waals surface area contributed by atoms with Gasteiger partial charge in [-0.15, -0.1) is 0 Å². The summed E-state index contributed by atoms with van der Waals surface area (Å²) in [6.45, 7) is 8.89. The van der Waals surface area contributed by atoms with Gasteiger partial charge in [0.25, 0.3) is 0 Å². The van der Waals surface area contributed by atoms with Crippen molar-refractivity contribution in [1.29, 1.82) is 0 Å². The van der Waals surface area contributed by atoms with Gasteiger partial charge in [-0.2, -0.15) is 0 Å². The van der Waals surface area contributed by atoms with Crippen LogP contribution < -0.4 is 10.6 Å². The number of hydrogen-bond donors (Lipinski definition) is 2. The van der Waals surface area contributed by atoms with Gasteiger partial charge in [-0.05, 0) is 61.5 Å². The Kier molecular flexibility index (Phi) is 5.03. The standard InChI is InChI=1S/C17H26N2S/c1-11-8-9-13(3)16(10-11)19-17(20)18-15-7-5-6-12(2)14(15)4/h8-10,12,14-15H,5-7H2,1-4H3,(H2,18,19,20)/t12-,14+,15+/m1/s1. The first kappa shape index (κ1) is 15.3. The molecule has 1 saturated carbocycles. The van der Waals surface area contributed by atoms with E-state index >= 15 is 0 Å². The molecule has 0 heterocycles. The molecule has 0 radical (unpaired) electrons. The van der Waals surface area contributed by atoms with Crippen molar-refractivity contribution in [2.75, 3.05) is 5.32 Å². The Morgan fingerprint density at radius 1 is 1.20 bits per heavy atom. The number of thiocarbonyl (C=S) groups is 1. The van der Waals surface area contributed by atoms with Gasteiger partial charge in [0.15, 0.2) is 5.11 Å². The second-order valence-electron chi connectivity index (χ2n) is 6.29. The average molecular weight is 290 g/mol. The molecule has 3 heteroatoms. The Morgan fingerprint density at radius 2 is 1.95 bits per heavy atom. The minimum Gasteiger partial charge on any atom is -0.359 e. The summed E-state index contributed by atoms with van der Waals surface area (Å²) in [7, 11) is 0. The fourth-order valence-electron chi connectivity index (χ4n) is 2.98. The largest absolute Gasteiger partial charge is 0.359 e. The fourth-order valence-corrected chi connectivity index (χ4v) is 3.24. The maximum Gasteiger partial charge on any atom is 0.171 e. The molecular formula is C17H26N2S. The molecule has 2 N–H and O–H groups in total. The normalized spacial score (nSPS) is 26.1. The summed E-state index contributed by atoms with van der Waals surface area (Å²) < 4.78 is 0. The summed E-state index contributed by atoms with van der Waals surface area (Å²) in [4.78, 5) is 0. The third-order valence-electron chi connectivity index (χ3n) is 4.66. The Labute approximate surface area is 128 Å². The van der Waals surface area contributed by atoms with E-state index in [-0.39, 0.29) is 0 Å². The highest BCUT2D eigenvalue weighted by Gasteiger charge is 2.27. The van der Waals surface area contributed by atoms with Gasteiger partial charge in [-0.25, -0.2) is 0 Å². The second-order valence-corrected chi connectivity index (χ2v) is 6.70. The van der Waals surface area contributed by atoms with Crippen molar-refractivity contribution < 1.29 is 0 Å². The van der Waals surface area contributed by atoms with E-state index in [0.29, 0.717) is 12.0 Å². The second kappa shape index (κ2) is 6.57. The predicted octanol–water partition coefficient (Wildman–Crippen LogP) is 4.41. The molecule has 1 aromatic rings. The van der Waals surface area contributed by atoms with Gasteiger partial charge >= 0.3 is 0 Å². The van der Waals surface area contributed by atoms with Crippen LogP contribution >= 0.6 is 12.2 Å². The van der Waals surface area contributed by atoms with Crippen LogP contribution in [0.4, 0.5) is 5.69 Å². The van der Waals surface area contributed by atoms with E-state index in [2.05, 4.69) is 56.5 Å². The van der Waals surface area contributed by atoms with Gasteiger partial charge in [-0.3, -0.25) is 0 Å². The van der Waals surface area contributed by atoms with Crippen LogP contribution in [-0.4, -0.2) is 11.2 Å². The van der Waals surface area contributed by atoms with Crippen LogP contribution in [0.15, 0.2) is 18.2 Å². The molecule has 0 aromatic heterocycles. The summed E-state index contributed by atoms with van der Waals surface area (Å²) in [6.07, 6.45) is 3.87. The van der Waals surface area contributed by atoms with E-state index in [4.69, 9.17) is 12.2 Å². The van der Waals surface area contributed by atoms with Crippen LogP contribution in [0.25, 0.3) is 0 Å². The van der Waals surface area contributed by atoms with Gasteiger partial charge in [0.2, 0.25) is 0 Å². The quantitative estimate of drug-likeness (QED) is 0.789. The van der Waals surface area contributed by atoms with Gasteiger partial charge < -0.3 is 10.6 Å². The third kappa shape index (κ3) is 3.72. The molecule has 2 rings (SSSR count). The zero-order valence-corrected chi connectivity index (χ0v) is 13.8. The summed E-state index contributed by atoms with van der Waals surface area (Å²) in [5.41, 5.74) is 3.59. The summed E-state index contributed by atoms with van der Waals surface area (Å²) in [5.74, 6) is 1.46. The molecule has 0 unspecified atom stereocenters. The molecule has 1 fully saturated rings. The minimum absolute atomic E-state index is 0.504. The van der Waals surface area contributed by atoms with Crippen molar-refractivity contribution in [1.82, 2.24) is 5.32 Å². The Balaban J connectivity index is 1.97. The van der Waals surface area contributed by atoms with Crippen LogP contribution in [0.3, 0.4) is 0 Å². The molecule has 2 nitrogen and oxygen atoms in total. The Morgan fingerprint density at radius 3 is 2.70 bits per heavy atom. The first-order chi connectivity index (χ1) is 9.47. The highest BCUT2D eigenvalue weighted by Crippen LogP contribution is 2.29. The maximum absolute atomic E-state index is 5.49. The SMILES string of the molecule is Cc1ccc(C)c(NC(=S)N[C@H]2CCC[C@@H](C)[C@@H]2C)c1. The molecule has 20 heavy (non-hydrogen) atoms. The number of nitrogens with one attached hydrogen (secondary N) is 2. The molecular weight excluding hydrogens is 264 g/mol. The molecule has 0 spiro atoms. The Bertz CT molecular complexity index is 484. The number of anilines is 1. The van der Waals surface area contributed by atoms with Crippen molar-refractivity contribution in [3.63, 3.8) is 0 Å². The average Bonchev–Trinajstić information content (AvgIpc) is 2.39. The lowest BCUT2D eigenvalue weighted by Gasteiger charge is -2.35. The lowest BCUT2D eigenvalue weighted by molar-refractivity contribution is 0.225. The maximum atomic E-state index is 5.49. The third-order valence-corrected chi connectivity index (χ3v) is 4.88. The van der Waals surface area contributed by atoms with Crippen LogP contribution in [-0.2, 0) is 0 Å². The summed E-state index contributed by atoms with van der Waals surface area (Å²) in [6, 6.07) is 6.91. The summed E-state index contributed by atoms with van der Waals surface area (Å²) in [5, 5.41) is 7.62. The molecule has 0 amide bonds. The minimum atomic E-state index is 0.504.